The van der Waals surface area contributed by atoms with E-state index in [9.17, 15) is 9.59 Å². The van der Waals surface area contributed by atoms with Crippen LogP contribution in [0.2, 0.25) is 0 Å². The Balaban J connectivity index is 2.00. The number of carboxylic acids is 1. The van der Waals surface area contributed by atoms with Gasteiger partial charge in [0.05, 0.1) is 0 Å². The first-order valence-corrected chi connectivity index (χ1v) is 7.70. The van der Waals surface area contributed by atoms with Crippen molar-refractivity contribution in [1.82, 2.24) is 0 Å². The van der Waals surface area contributed by atoms with E-state index in [1.807, 2.05) is 24.3 Å². The van der Waals surface area contributed by atoms with E-state index < -0.39 is 5.97 Å². The fourth-order valence-corrected chi connectivity index (χ4v) is 2.31. The summed E-state index contributed by atoms with van der Waals surface area (Å²) >= 11 is 0. The number of carbonyl (C=O) groups is 2. The van der Waals surface area contributed by atoms with Crippen LogP contribution < -0.4 is 11.2 Å². The number of nitrogens with two attached hydrogens (primary N) is 1. The van der Waals surface area contributed by atoms with Crippen molar-refractivity contribution in [2.75, 3.05) is 5.32 Å². The second-order valence-electron chi connectivity index (χ2n) is 5.34. The maximum Gasteiger partial charge on any atom is 0.328 e. The van der Waals surface area contributed by atoms with Gasteiger partial charge >= 0.3 is 5.97 Å². The first-order chi connectivity index (χ1) is 12.1. The number of carbonyl (C=O) groups excluding carboxylic acids is 1. The second-order valence-corrected chi connectivity index (χ2v) is 5.34. The van der Waals surface area contributed by atoms with Gasteiger partial charge in [-0.1, -0.05) is 30.3 Å². The summed E-state index contributed by atoms with van der Waals surface area (Å²) < 4.78 is 0. The molecule has 0 aromatic heterocycles. The van der Waals surface area contributed by atoms with E-state index in [0.29, 0.717) is 24.0 Å². The van der Waals surface area contributed by atoms with Gasteiger partial charge in [-0.05, 0) is 41.8 Å². The quantitative estimate of drug-likeness (QED) is 0.172. The molecule has 4 N–H and O–H groups in total. The number of aryl methyl sites for hydroxylation is 1. The summed E-state index contributed by atoms with van der Waals surface area (Å²) in [5.74, 6) is 4.04. The molecule has 2 aromatic carbocycles. The van der Waals surface area contributed by atoms with E-state index in [1.54, 1.807) is 24.3 Å². The predicted molar refractivity (Wildman–Crippen MR) is 98.5 cm³/mol. The molecular weight excluding hydrogens is 318 g/mol. The molecule has 0 radical (unpaired) electrons. The Morgan fingerprint density at radius 1 is 1.16 bits per heavy atom. The summed E-state index contributed by atoms with van der Waals surface area (Å²) in [6.07, 6.45) is 4.87. The summed E-state index contributed by atoms with van der Waals surface area (Å²) in [5, 5.41) is 15.0. The van der Waals surface area contributed by atoms with Crippen LogP contribution in [-0.2, 0) is 11.2 Å². The van der Waals surface area contributed by atoms with Crippen molar-refractivity contribution < 1.29 is 14.7 Å². The third-order valence-corrected chi connectivity index (χ3v) is 3.50. The maximum atomic E-state index is 12.4. The Morgan fingerprint density at radius 2 is 1.96 bits per heavy atom. The van der Waals surface area contributed by atoms with Crippen molar-refractivity contribution in [1.29, 1.82) is 0 Å². The average molecular weight is 337 g/mol. The van der Waals surface area contributed by atoms with Gasteiger partial charge < -0.3 is 16.3 Å². The van der Waals surface area contributed by atoms with Crippen LogP contribution in [0.5, 0.6) is 0 Å². The van der Waals surface area contributed by atoms with Gasteiger partial charge in [-0.3, -0.25) is 4.79 Å². The van der Waals surface area contributed by atoms with Gasteiger partial charge in [-0.2, -0.15) is 5.10 Å². The zero-order valence-corrected chi connectivity index (χ0v) is 13.6. The lowest BCUT2D eigenvalue weighted by Crippen LogP contribution is -2.02. The minimum absolute atomic E-state index is 0.00691. The van der Waals surface area contributed by atoms with Crippen LogP contribution in [0.4, 0.5) is 5.69 Å². The predicted octanol–water partition coefficient (Wildman–Crippen LogP) is 2.91. The number of hydrogen-bond donors (Lipinski definition) is 3. The van der Waals surface area contributed by atoms with E-state index >= 15 is 0 Å². The normalized spacial score (nSPS) is 11.0. The van der Waals surface area contributed by atoms with Crippen molar-refractivity contribution in [3.63, 3.8) is 0 Å². The number of Topliss-reactive ketones (excluding diaryl/α,β-unsaturated/α-hetero) is 1. The summed E-state index contributed by atoms with van der Waals surface area (Å²) in [4.78, 5) is 22.9. The van der Waals surface area contributed by atoms with Crippen LogP contribution in [-0.4, -0.2) is 23.2 Å². The number of carboxylic acid groups (broad SMARTS) is 1. The van der Waals surface area contributed by atoms with Gasteiger partial charge in [-0.25, -0.2) is 4.79 Å². The molecule has 2 aromatic rings. The molecule has 0 aliphatic heterocycles. The Hall–Kier alpha value is -3.41. The topological polar surface area (TPSA) is 105 Å². The maximum absolute atomic E-state index is 12.4. The standard InChI is InChI=1S/C19H19N3O3/c20-22-13-21-17-6-2-4-15(12-17)7-9-18(23)16-5-1-3-14(11-16)8-10-19(24)25/h1-6,8,10-13H,7,9,20H2,(H,21,22)(H,24,25). The lowest BCUT2D eigenvalue weighted by molar-refractivity contribution is -0.131. The molecule has 0 bridgehead atoms. The Morgan fingerprint density at radius 3 is 2.72 bits per heavy atom. The van der Waals surface area contributed by atoms with Crippen LogP contribution in [0, 0.1) is 0 Å². The number of anilines is 1. The molecule has 25 heavy (non-hydrogen) atoms. The fraction of sp³-hybridized carbons (Fsp3) is 0.105. The van der Waals surface area contributed by atoms with E-state index in [2.05, 4.69) is 10.4 Å². The van der Waals surface area contributed by atoms with Crippen molar-refractivity contribution >= 4 is 29.9 Å². The molecule has 128 valence electrons. The molecule has 0 aliphatic carbocycles. The first-order valence-electron chi connectivity index (χ1n) is 7.70. The third-order valence-electron chi connectivity index (χ3n) is 3.50. The fourth-order valence-electron chi connectivity index (χ4n) is 2.31. The number of hydrazone groups is 1. The molecule has 0 atom stereocenters. The monoisotopic (exact) mass is 337 g/mol. The van der Waals surface area contributed by atoms with Crippen LogP contribution in [0.15, 0.2) is 59.7 Å². The smallest absolute Gasteiger partial charge is 0.328 e. The molecule has 6 heteroatoms. The van der Waals surface area contributed by atoms with Crippen molar-refractivity contribution in [2.45, 2.75) is 12.8 Å². The van der Waals surface area contributed by atoms with E-state index in [0.717, 1.165) is 17.3 Å². The number of nitrogens with one attached hydrogen (secondary N) is 1. The molecular formula is C19H19N3O3. The zero-order chi connectivity index (χ0) is 18.1. The highest BCUT2D eigenvalue weighted by atomic mass is 16.4. The first kappa shape index (κ1) is 17.9. The molecule has 0 unspecified atom stereocenters. The Bertz CT molecular complexity index is 813. The van der Waals surface area contributed by atoms with Crippen LogP contribution >= 0.6 is 0 Å². The largest absolute Gasteiger partial charge is 0.478 e. The van der Waals surface area contributed by atoms with Crippen molar-refractivity contribution in [3.05, 3.63) is 71.3 Å². The SMILES string of the molecule is NN=CNc1cccc(CCC(=O)c2cccc(C=CC(=O)O)c2)c1. The van der Waals surface area contributed by atoms with Gasteiger partial charge in [0.2, 0.25) is 0 Å². The summed E-state index contributed by atoms with van der Waals surface area (Å²) in [5.41, 5.74) is 3.11. The molecule has 0 amide bonds. The van der Waals surface area contributed by atoms with Gasteiger partial charge in [0.25, 0.3) is 0 Å². The van der Waals surface area contributed by atoms with Crippen LogP contribution in [0.25, 0.3) is 6.08 Å². The summed E-state index contributed by atoms with van der Waals surface area (Å²) in [6.45, 7) is 0. The highest BCUT2D eigenvalue weighted by molar-refractivity contribution is 5.97. The Kier molecular flexibility index (Phi) is 6.47. The van der Waals surface area contributed by atoms with Gasteiger partial charge in [-0.15, -0.1) is 0 Å². The number of aliphatic carboxylic acids is 1. The molecule has 6 nitrogen and oxygen atoms in total. The van der Waals surface area contributed by atoms with Crippen LogP contribution in [0.1, 0.15) is 27.9 Å². The van der Waals surface area contributed by atoms with Gasteiger partial charge in [0.1, 0.15) is 6.34 Å². The number of nitrogens with zero attached hydrogens (tertiary/aromatic N) is 1. The number of hydrogen-bond acceptors (Lipinski definition) is 4. The van der Waals surface area contributed by atoms with Crippen molar-refractivity contribution in [2.24, 2.45) is 10.9 Å². The highest BCUT2D eigenvalue weighted by Gasteiger charge is 2.07. The Labute approximate surface area is 145 Å². The van der Waals surface area contributed by atoms with Gasteiger partial charge in [0, 0.05) is 23.7 Å². The molecule has 0 heterocycles. The van der Waals surface area contributed by atoms with Crippen LogP contribution in [0.3, 0.4) is 0 Å². The number of rotatable bonds is 8. The minimum Gasteiger partial charge on any atom is -0.478 e. The molecule has 0 spiro atoms. The molecule has 0 aliphatic rings. The minimum atomic E-state index is -1.02. The highest BCUT2D eigenvalue weighted by Crippen LogP contribution is 2.14. The summed E-state index contributed by atoms with van der Waals surface area (Å²) in [7, 11) is 0. The molecule has 0 saturated carbocycles. The van der Waals surface area contributed by atoms with E-state index in [1.165, 1.54) is 12.4 Å². The average Bonchev–Trinajstić information content (AvgIpc) is 2.63. The lowest BCUT2D eigenvalue weighted by atomic mass is 10.0. The lowest BCUT2D eigenvalue weighted by Gasteiger charge is -2.05. The molecule has 2 rings (SSSR count). The summed E-state index contributed by atoms with van der Waals surface area (Å²) in [6, 6.07) is 14.6. The molecule has 0 fully saturated rings. The third kappa shape index (κ3) is 5.95. The molecule has 0 saturated heterocycles. The van der Waals surface area contributed by atoms with Crippen molar-refractivity contribution in [3.8, 4) is 0 Å². The van der Waals surface area contributed by atoms with E-state index in [4.69, 9.17) is 10.9 Å². The number of ketones is 1. The number of benzene rings is 2. The zero-order valence-electron chi connectivity index (χ0n) is 13.6. The van der Waals surface area contributed by atoms with E-state index in [-0.39, 0.29) is 5.78 Å². The van der Waals surface area contributed by atoms with Gasteiger partial charge in [0.15, 0.2) is 5.78 Å². The second kappa shape index (κ2) is 9.02.